The maximum absolute atomic E-state index is 6.00. The van der Waals surface area contributed by atoms with Crippen LogP contribution in [0.5, 0.6) is 5.75 Å². The summed E-state index contributed by atoms with van der Waals surface area (Å²) < 4.78 is 10.9. The van der Waals surface area contributed by atoms with Gasteiger partial charge in [0.1, 0.15) is 18.6 Å². The van der Waals surface area contributed by atoms with Crippen molar-refractivity contribution >= 4 is 5.96 Å². The highest BCUT2D eigenvalue weighted by atomic mass is 16.5. The first-order valence-electron chi connectivity index (χ1n) is 9.96. The SMILES string of the molecule is CN=C(NCCOc1ccccc1C(C)C)N1CCN(Cc2ccon2)CC1. The number of nitrogens with zero attached hydrogens (tertiary/aromatic N) is 4. The summed E-state index contributed by atoms with van der Waals surface area (Å²) in [6, 6.07) is 10.2. The summed E-state index contributed by atoms with van der Waals surface area (Å²) in [4.78, 5) is 9.11. The van der Waals surface area contributed by atoms with Gasteiger partial charge in [-0.2, -0.15) is 0 Å². The molecule has 0 saturated carbocycles. The first-order valence-corrected chi connectivity index (χ1v) is 9.96. The van der Waals surface area contributed by atoms with Gasteiger partial charge in [-0.1, -0.05) is 37.2 Å². The maximum atomic E-state index is 6.00. The van der Waals surface area contributed by atoms with Crippen LogP contribution in [0.15, 0.2) is 46.1 Å². The Morgan fingerprint density at radius 1 is 1.21 bits per heavy atom. The van der Waals surface area contributed by atoms with Crippen molar-refractivity contribution in [2.45, 2.75) is 26.3 Å². The standard InChI is InChI=1S/C21H31N5O2/c1-17(2)19-6-4-5-7-20(19)27-15-9-23-21(22-3)26-12-10-25(11-13-26)16-18-8-14-28-24-18/h4-8,14,17H,9-13,15-16H2,1-3H3,(H,22,23). The minimum atomic E-state index is 0.450. The van der Waals surface area contributed by atoms with Crippen LogP contribution in [0.2, 0.25) is 0 Å². The summed E-state index contributed by atoms with van der Waals surface area (Å²) >= 11 is 0. The number of aromatic nitrogens is 1. The quantitative estimate of drug-likeness (QED) is 0.449. The van der Waals surface area contributed by atoms with E-state index < -0.39 is 0 Å². The molecule has 1 aliphatic rings. The molecule has 3 rings (SSSR count). The number of benzene rings is 1. The van der Waals surface area contributed by atoms with E-state index in [2.05, 4.69) is 51.2 Å². The third-order valence-electron chi connectivity index (χ3n) is 4.94. The summed E-state index contributed by atoms with van der Waals surface area (Å²) in [7, 11) is 1.83. The monoisotopic (exact) mass is 385 g/mol. The van der Waals surface area contributed by atoms with Crippen LogP contribution in [0, 0.1) is 0 Å². The number of rotatable bonds is 7. The number of piperazine rings is 1. The second-order valence-electron chi connectivity index (χ2n) is 7.27. The minimum absolute atomic E-state index is 0.450. The van der Waals surface area contributed by atoms with Crippen LogP contribution >= 0.6 is 0 Å². The Morgan fingerprint density at radius 2 is 2.00 bits per heavy atom. The molecule has 0 bridgehead atoms. The molecular formula is C21H31N5O2. The molecule has 0 amide bonds. The largest absolute Gasteiger partial charge is 0.491 e. The average Bonchev–Trinajstić information content (AvgIpc) is 3.22. The van der Waals surface area contributed by atoms with E-state index in [0.29, 0.717) is 12.5 Å². The molecular weight excluding hydrogens is 354 g/mol. The van der Waals surface area contributed by atoms with Gasteiger partial charge in [-0.15, -0.1) is 0 Å². The van der Waals surface area contributed by atoms with Crippen molar-refractivity contribution in [1.82, 2.24) is 20.3 Å². The highest BCUT2D eigenvalue weighted by Gasteiger charge is 2.20. The highest BCUT2D eigenvalue weighted by Crippen LogP contribution is 2.25. The number of nitrogens with one attached hydrogen (secondary N) is 1. The summed E-state index contributed by atoms with van der Waals surface area (Å²) in [6.45, 7) is 10.4. The van der Waals surface area contributed by atoms with Gasteiger partial charge in [0.2, 0.25) is 0 Å². The number of aliphatic imine (C=N–C) groups is 1. The van der Waals surface area contributed by atoms with Crippen LogP contribution in [0.25, 0.3) is 0 Å². The molecule has 28 heavy (non-hydrogen) atoms. The van der Waals surface area contributed by atoms with Crippen molar-refractivity contribution in [3.05, 3.63) is 47.9 Å². The van der Waals surface area contributed by atoms with E-state index in [1.54, 1.807) is 6.26 Å². The minimum Gasteiger partial charge on any atom is -0.491 e. The van der Waals surface area contributed by atoms with Gasteiger partial charge < -0.3 is 19.5 Å². The normalized spacial score (nSPS) is 15.9. The van der Waals surface area contributed by atoms with Crippen molar-refractivity contribution in [3.8, 4) is 5.75 Å². The van der Waals surface area contributed by atoms with Crippen LogP contribution in [0.4, 0.5) is 0 Å². The lowest BCUT2D eigenvalue weighted by molar-refractivity contribution is 0.168. The Kier molecular flexibility index (Phi) is 7.31. The molecule has 1 aliphatic heterocycles. The lowest BCUT2D eigenvalue weighted by Gasteiger charge is -2.36. The molecule has 1 aromatic carbocycles. The molecule has 0 unspecified atom stereocenters. The van der Waals surface area contributed by atoms with E-state index in [4.69, 9.17) is 9.26 Å². The van der Waals surface area contributed by atoms with Gasteiger partial charge in [0.05, 0.1) is 12.2 Å². The van der Waals surface area contributed by atoms with E-state index >= 15 is 0 Å². The zero-order valence-electron chi connectivity index (χ0n) is 17.1. The zero-order valence-corrected chi connectivity index (χ0v) is 17.1. The van der Waals surface area contributed by atoms with Gasteiger partial charge in [-0.3, -0.25) is 9.89 Å². The lowest BCUT2D eigenvalue weighted by atomic mass is 10.0. The third-order valence-corrected chi connectivity index (χ3v) is 4.94. The number of guanidine groups is 1. The van der Waals surface area contributed by atoms with E-state index in [9.17, 15) is 0 Å². The lowest BCUT2D eigenvalue weighted by Crippen LogP contribution is -2.52. The average molecular weight is 386 g/mol. The Labute approximate surface area is 167 Å². The first kappa shape index (κ1) is 20.2. The summed E-state index contributed by atoms with van der Waals surface area (Å²) in [6.07, 6.45) is 1.62. The van der Waals surface area contributed by atoms with Crippen LogP contribution < -0.4 is 10.1 Å². The summed E-state index contributed by atoms with van der Waals surface area (Å²) in [5, 5.41) is 7.42. The second-order valence-corrected chi connectivity index (χ2v) is 7.27. The smallest absolute Gasteiger partial charge is 0.193 e. The van der Waals surface area contributed by atoms with Gasteiger partial charge in [-0.25, -0.2) is 0 Å². The predicted octanol–water partition coefficient (Wildman–Crippen LogP) is 2.57. The van der Waals surface area contributed by atoms with Crippen LogP contribution in [-0.2, 0) is 6.54 Å². The van der Waals surface area contributed by atoms with Crippen LogP contribution in [0.3, 0.4) is 0 Å². The number of para-hydroxylation sites is 1. The molecule has 7 nitrogen and oxygen atoms in total. The Balaban J connectivity index is 1.41. The van der Waals surface area contributed by atoms with Crippen molar-refractivity contribution in [3.63, 3.8) is 0 Å². The summed E-state index contributed by atoms with van der Waals surface area (Å²) in [5.41, 5.74) is 2.23. The molecule has 1 fully saturated rings. The van der Waals surface area contributed by atoms with Crippen molar-refractivity contribution in [2.75, 3.05) is 46.4 Å². The fourth-order valence-corrected chi connectivity index (χ4v) is 3.41. The topological polar surface area (TPSA) is 66.1 Å². The van der Waals surface area contributed by atoms with E-state index in [-0.39, 0.29) is 0 Å². The Morgan fingerprint density at radius 3 is 2.68 bits per heavy atom. The molecule has 1 saturated heterocycles. The summed E-state index contributed by atoms with van der Waals surface area (Å²) in [5.74, 6) is 2.35. The fourth-order valence-electron chi connectivity index (χ4n) is 3.41. The van der Waals surface area contributed by atoms with Crippen LogP contribution in [-0.4, -0.2) is 67.3 Å². The zero-order chi connectivity index (χ0) is 19.8. The molecule has 2 heterocycles. The Hall–Kier alpha value is -2.54. The molecule has 1 aromatic heterocycles. The molecule has 1 N–H and O–H groups in total. The third kappa shape index (κ3) is 5.48. The fraction of sp³-hybridized carbons (Fsp3) is 0.524. The van der Waals surface area contributed by atoms with E-state index in [0.717, 1.165) is 56.7 Å². The molecule has 0 aliphatic carbocycles. The maximum Gasteiger partial charge on any atom is 0.193 e. The van der Waals surface area contributed by atoms with Gasteiger partial charge in [0.15, 0.2) is 5.96 Å². The van der Waals surface area contributed by atoms with E-state index in [1.807, 2.05) is 25.2 Å². The highest BCUT2D eigenvalue weighted by molar-refractivity contribution is 5.80. The second kappa shape index (κ2) is 10.1. The van der Waals surface area contributed by atoms with Gasteiger partial charge in [0, 0.05) is 45.8 Å². The van der Waals surface area contributed by atoms with Crippen LogP contribution in [0.1, 0.15) is 31.0 Å². The van der Waals surface area contributed by atoms with Gasteiger partial charge in [0.25, 0.3) is 0 Å². The van der Waals surface area contributed by atoms with E-state index in [1.165, 1.54) is 5.56 Å². The van der Waals surface area contributed by atoms with Crippen molar-refractivity contribution < 1.29 is 9.26 Å². The Bertz CT molecular complexity index is 737. The predicted molar refractivity (Wildman–Crippen MR) is 111 cm³/mol. The molecule has 0 atom stereocenters. The number of hydrogen-bond donors (Lipinski definition) is 1. The molecule has 7 heteroatoms. The molecule has 0 radical (unpaired) electrons. The molecule has 152 valence electrons. The molecule has 2 aromatic rings. The first-order chi connectivity index (χ1) is 13.7. The van der Waals surface area contributed by atoms with Gasteiger partial charge >= 0.3 is 0 Å². The number of hydrogen-bond acceptors (Lipinski definition) is 5. The van der Waals surface area contributed by atoms with Crippen molar-refractivity contribution in [2.24, 2.45) is 4.99 Å². The van der Waals surface area contributed by atoms with Crippen molar-refractivity contribution in [1.29, 1.82) is 0 Å². The molecule has 0 spiro atoms. The van der Waals surface area contributed by atoms with Gasteiger partial charge in [-0.05, 0) is 17.5 Å². The number of ether oxygens (including phenoxy) is 1.